The van der Waals surface area contributed by atoms with E-state index in [9.17, 15) is 0 Å². The van der Waals surface area contributed by atoms with Crippen LogP contribution in [0.5, 0.6) is 0 Å². The summed E-state index contributed by atoms with van der Waals surface area (Å²) in [5, 5.41) is 12.8. The molecule has 0 amide bonds. The van der Waals surface area contributed by atoms with E-state index in [1.54, 1.807) is 12.1 Å². The van der Waals surface area contributed by atoms with Gasteiger partial charge in [0.25, 0.3) is 0 Å². The highest BCUT2D eigenvalue weighted by molar-refractivity contribution is 6.31. The molecule has 4 nitrogen and oxygen atoms in total. The number of nitrogens with zero attached hydrogens (tertiary/aromatic N) is 1. The molecule has 24 heavy (non-hydrogen) atoms. The van der Waals surface area contributed by atoms with Gasteiger partial charge in [0.05, 0.1) is 5.71 Å². The minimum Gasteiger partial charge on any atom is -0.369 e. The number of hydrogen-bond acceptors (Lipinski definition) is 2. The second kappa shape index (κ2) is 9.33. The highest BCUT2D eigenvalue weighted by atomic mass is 35.5. The molecule has 0 spiro atoms. The van der Waals surface area contributed by atoms with Gasteiger partial charge in [-0.25, -0.2) is 5.43 Å². The van der Waals surface area contributed by atoms with Crippen LogP contribution in [0.1, 0.15) is 18.1 Å². The molecule has 2 aromatic rings. The molecule has 2 aromatic carbocycles. The standard InChI is InChI=1S/C17H16Cl2N4.ClH/c1-11(12-2-6-14(18)7-3-12)10-16(22-23-17(20)21)13-4-8-15(19)9-5-13;/h2-10H,1H3,(H4,20,21,23);1H. The highest BCUT2D eigenvalue weighted by Gasteiger charge is 2.04. The maximum Gasteiger partial charge on any atom is 0.206 e. The molecule has 0 unspecified atom stereocenters. The van der Waals surface area contributed by atoms with Crippen LogP contribution in [0, 0.1) is 5.41 Å². The van der Waals surface area contributed by atoms with Crippen LogP contribution in [0.2, 0.25) is 10.0 Å². The molecule has 2 rings (SSSR count). The number of nitrogens with one attached hydrogen (secondary N) is 2. The van der Waals surface area contributed by atoms with Gasteiger partial charge in [0.1, 0.15) is 0 Å². The lowest BCUT2D eigenvalue weighted by molar-refractivity contribution is 0.996. The number of nitrogens with two attached hydrogens (primary N) is 1. The first-order valence-corrected chi connectivity index (χ1v) is 7.59. The molecule has 0 aliphatic rings. The zero-order valence-electron chi connectivity index (χ0n) is 12.9. The van der Waals surface area contributed by atoms with Gasteiger partial charge in [0.2, 0.25) is 5.96 Å². The number of guanidine groups is 1. The molecule has 7 heteroatoms. The largest absolute Gasteiger partial charge is 0.369 e. The van der Waals surface area contributed by atoms with Crippen molar-refractivity contribution >= 4 is 52.9 Å². The molecule has 0 radical (unpaired) electrons. The van der Waals surface area contributed by atoms with Crippen LogP contribution in [0.4, 0.5) is 0 Å². The zero-order valence-corrected chi connectivity index (χ0v) is 15.2. The molecular formula is C17H17Cl3N4. The molecule has 126 valence electrons. The van der Waals surface area contributed by atoms with Crippen LogP contribution in [0.15, 0.2) is 59.7 Å². The molecule has 0 saturated carbocycles. The summed E-state index contributed by atoms with van der Waals surface area (Å²) < 4.78 is 0. The minimum absolute atomic E-state index is 0. The van der Waals surface area contributed by atoms with Crippen molar-refractivity contribution in [3.63, 3.8) is 0 Å². The van der Waals surface area contributed by atoms with E-state index in [1.807, 2.05) is 49.4 Å². The third kappa shape index (κ3) is 5.89. The van der Waals surface area contributed by atoms with Crippen molar-refractivity contribution in [3.05, 3.63) is 75.8 Å². The fourth-order valence-corrected chi connectivity index (χ4v) is 2.17. The molecule has 0 bridgehead atoms. The Kier molecular flexibility index (Phi) is 7.79. The summed E-state index contributed by atoms with van der Waals surface area (Å²) in [7, 11) is 0. The Bertz CT molecular complexity index is 750. The summed E-state index contributed by atoms with van der Waals surface area (Å²) in [6, 6.07) is 14.8. The number of hydrazone groups is 1. The number of allylic oxidation sites excluding steroid dienone is 2. The van der Waals surface area contributed by atoms with E-state index >= 15 is 0 Å². The smallest absolute Gasteiger partial charge is 0.206 e. The van der Waals surface area contributed by atoms with Gasteiger partial charge in [-0.05, 0) is 48.4 Å². The molecule has 0 fully saturated rings. The van der Waals surface area contributed by atoms with Crippen molar-refractivity contribution in [3.8, 4) is 0 Å². The van der Waals surface area contributed by atoms with Crippen LogP contribution < -0.4 is 11.2 Å². The van der Waals surface area contributed by atoms with E-state index in [0.29, 0.717) is 15.8 Å². The number of benzene rings is 2. The van der Waals surface area contributed by atoms with Gasteiger partial charge < -0.3 is 5.73 Å². The van der Waals surface area contributed by atoms with Gasteiger partial charge in [-0.15, -0.1) is 12.4 Å². The number of hydrogen-bond donors (Lipinski definition) is 3. The maximum atomic E-state index is 7.26. The first kappa shape index (κ1) is 20.0. The van der Waals surface area contributed by atoms with Crippen molar-refractivity contribution in [1.82, 2.24) is 5.43 Å². The molecular weight excluding hydrogens is 367 g/mol. The van der Waals surface area contributed by atoms with Crippen molar-refractivity contribution in [2.24, 2.45) is 10.8 Å². The summed E-state index contributed by atoms with van der Waals surface area (Å²) in [6.45, 7) is 1.97. The average molecular weight is 384 g/mol. The van der Waals surface area contributed by atoms with Crippen LogP contribution in [-0.4, -0.2) is 11.7 Å². The molecule has 0 saturated heterocycles. The predicted octanol–water partition coefficient (Wildman–Crippen LogP) is 4.71. The number of rotatable bonds is 4. The molecule has 0 aliphatic carbocycles. The lowest BCUT2D eigenvalue weighted by Gasteiger charge is -2.07. The second-order valence-electron chi connectivity index (χ2n) is 4.86. The first-order valence-electron chi connectivity index (χ1n) is 6.83. The Morgan fingerprint density at radius 2 is 1.46 bits per heavy atom. The normalized spacial score (nSPS) is 11.6. The van der Waals surface area contributed by atoms with Crippen LogP contribution in [0.25, 0.3) is 5.57 Å². The third-order valence-electron chi connectivity index (χ3n) is 3.09. The molecule has 0 atom stereocenters. The highest BCUT2D eigenvalue weighted by Crippen LogP contribution is 2.19. The van der Waals surface area contributed by atoms with Gasteiger partial charge in [-0.2, -0.15) is 5.10 Å². The Morgan fingerprint density at radius 3 is 1.92 bits per heavy atom. The summed E-state index contributed by atoms with van der Waals surface area (Å²) in [4.78, 5) is 0. The summed E-state index contributed by atoms with van der Waals surface area (Å²) in [5.74, 6) is -0.228. The van der Waals surface area contributed by atoms with E-state index < -0.39 is 0 Å². The maximum absolute atomic E-state index is 7.26. The summed E-state index contributed by atoms with van der Waals surface area (Å²) >= 11 is 11.8. The summed E-state index contributed by atoms with van der Waals surface area (Å²) in [5.41, 5.74) is 11.3. The van der Waals surface area contributed by atoms with Gasteiger partial charge >= 0.3 is 0 Å². The molecule has 0 aromatic heterocycles. The monoisotopic (exact) mass is 382 g/mol. The second-order valence-corrected chi connectivity index (χ2v) is 5.74. The average Bonchev–Trinajstić information content (AvgIpc) is 2.52. The Hall–Kier alpha value is -2.01. The predicted molar refractivity (Wildman–Crippen MR) is 105 cm³/mol. The third-order valence-corrected chi connectivity index (χ3v) is 3.59. The van der Waals surface area contributed by atoms with Gasteiger partial charge in [-0.1, -0.05) is 47.5 Å². The lowest BCUT2D eigenvalue weighted by atomic mass is 10.0. The Labute approximate surface area is 157 Å². The van der Waals surface area contributed by atoms with E-state index in [0.717, 1.165) is 16.7 Å². The van der Waals surface area contributed by atoms with Gasteiger partial charge in [-0.3, -0.25) is 5.41 Å². The number of halogens is 3. The zero-order chi connectivity index (χ0) is 16.8. The van der Waals surface area contributed by atoms with Crippen molar-refractivity contribution in [2.45, 2.75) is 6.92 Å². The fourth-order valence-electron chi connectivity index (χ4n) is 1.92. The Morgan fingerprint density at radius 1 is 1.00 bits per heavy atom. The first-order chi connectivity index (χ1) is 11.0. The van der Waals surface area contributed by atoms with E-state index in [-0.39, 0.29) is 18.4 Å². The quantitative estimate of drug-likeness (QED) is 0.406. The minimum atomic E-state index is -0.228. The SMILES string of the molecule is CC(=CC(=NNC(=N)N)c1ccc(Cl)cc1)c1ccc(Cl)cc1.Cl. The summed E-state index contributed by atoms with van der Waals surface area (Å²) in [6.07, 6.45) is 1.91. The van der Waals surface area contributed by atoms with Crippen LogP contribution in [0.3, 0.4) is 0 Å². The Balaban J connectivity index is 0.00000288. The topological polar surface area (TPSA) is 74.3 Å². The fraction of sp³-hybridized carbons (Fsp3) is 0.0588. The molecule has 0 aliphatic heterocycles. The van der Waals surface area contributed by atoms with Gasteiger partial charge in [0, 0.05) is 15.6 Å². The van der Waals surface area contributed by atoms with E-state index in [1.165, 1.54) is 0 Å². The van der Waals surface area contributed by atoms with Crippen LogP contribution >= 0.6 is 35.6 Å². The van der Waals surface area contributed by atoms with Crippen molar-refractivity contribution in [1.29, 1.82) is 5.41 Å². The van der Waals surface area contributed by atoms with E-state index in [4.69, 9.17) is 34.3 Å². The lowest BCUT2D eigenvalue weighted by Crippen LogP contribution is -2.26. The van der Waals surface area contributed by atoms with Crippen LogP contribution in [-0.2, 0) is 0 Å². The molecule has 4 N–H and O–H groups in total. The van der Waals surface area contributed by atoms with E-state index in [2.05, 4.69) is 10.5 Å². The molecule has 0 heterocycles. The van der Waals surface area contributed by atoms with Crippen molar-refractivity contribution in [2.75, 3.05) is 0 Å². The van der Waals surface area contributed by atoms with Gasteiger partial charge in [0.15, 0.2) is 0 Å². The van der Waals surface area contributed by atoms with Crippen molar-refractivity contribution < 1.29 is 0 Å².